The predicted octanol–water partition coefficient (Wildman–Crippen LogP) is 7.46. The zero-order chi connectivity index (χ0) is 34.2. The van der Waals surface area contributed by atoms with Gasteiger partial charge in [0.2, 0.25) is 5.91 Å². The Labute approximate surface area is 287 Å². The van der Waals surface area contributed by atoms with Crippen LogP contribution in [0.4, 0.5) is 10.1 Å². The average molecular weight is 670 g/mol. The molecule has 2 amide bonds. The minimum atomic E-state index is -0.519. The predicted molar refractivity (Wildman–Crippen MR) is 189 cm³/mol. The normalized spacial score (nSPS) is 17.6. The van der Waals surface area contributed by atoms with Crippen LogP contribution in [0.15, 0.2) is 107 Å². The third-order valence-corrected chi connectivity index (χ3v) is 9.81. The number of ether oxygens (including phenoxy) is 1. The Morgan fingerprint density at radius 2 is 1.71 bits per heavy atom. The van der Waals surface area contributed by atoms with Gasteiger partial charge >= 0.3 is 0 Å². The second kappa shape index (κ2) is 16.3. The summed E-state index contributed by atoms with van der Waals surface area (Å²) in [5, 5.41) is 13.1. The van der Waals surface area contributed by atoms with Crippen molar-refractivity contribution in [3.63, 3.8) is 0 Å². The van der Waals surface area contributed by atoms with E-state index in [1.165, 1.54) is 27.5 Å². The molecule has 9 heteroatoms. The number of hydrogen-bond acceptors (Lipinski definition) is 6. The topological polar surface area (TPSA) is 82.1 Å². The number of carbonyl (C=O) groups is 2. The van der Waals surface area contributed by atoms with E-state index in [1.54, 1.807) is 47.0 Å². The number of para-hydroxylation sites is 1. The molecule has 0 spiro atoms. The van der Waals surface area contributed by atoms with E-state index in [-0.39, 0.29) is 36.3 Å². The van der Waals surface area contributed by atoms with Crippen molar-refractivity contribution in [2.24, 2.45) is 5.92 Å². The highest BCUT2D eigenvalue weighted by molar-refractivity contribution is 7.99. The fraction of sp³-hybridized carbons (Fsp3) is 0.333. The highest BCUT2D eigenvalue weighted by atomic mass is 32.2. The van der Waals surface area contributed by atoms with Gasteiger partial charge in [-0.3, -0.25) is 14.5 Å². The fourth-order valence-electron chi connectivity index (χ4n) is 6.02. The highest BCUT2D eigenvalue weighted by Crippen LogP contribution is 2.36. The number of hydrogen-bond donors (Lipinski definition) is 2. The van der Waals surface area contributed by atoms with Crippen molar-refractivity contribution in [3.05, 3.63) is 120 Å². The first-order chi connectivity index (χ1) is 23.2. The number of fused-ring (bicyclic) bond motifs is 1. The second-order valence-electron chi connectivity index (χ2n) is 12.6. The average Bonchev–Trinajstić information content (AvgIpc) is 3.08. The molecule has 4 aromatic rings. The van der Waals surface area contributed by atoms with Gasteiger partial charge in [0, 0.05) is 35.3 Å². The van der Waals surface area contributed by atoms with E-state index in [0.717, 1.165) is 0 Å². The van der Waals surface area contributed by atoms with Crippen molar-refractivity contribution in [2.75, 3.05) is 32.1 Å². The molecule has 0 radical (unpaired) electrons. The van der Waals surface area contributed by atoms with E-state index in [0.29, 0.717) is 48.6 Å². The molecule has 2 N–H and O–H groups in total. The fourth-order valence-corrected chi connectivity index (χ4v) is 6.86. The monoisotopic (exact) mass is 669 g/mol. The van der Waals surface area contributed by atoms with Crippen molar-refractivity contribution in [2.45, 2.75) is 61.6 Å². The van der Waals surface area contributed by atoms with Crippen molar-refractivity contribution in [1.82, 2.24) is 9.80 Å². The molecule has 0 aromatic heterocycles. The van der Waals surface area contributed by atoms with Gasteiger partial charge in [-0.25, -0.2) is 4.39 Å². The zero-order valence-electron chi connectivity index (χ0n) is 27.9. The van der Waals surface area contributed by atoms with E-state index in [2.05, 4.69) is 46.6 Å². The van der Waals surface area contributed by atoms with Gasteiger partial charge in [-0.1, -0.05) is 74.1 Å². The lowest BCUT2D eigenvalue weighted by Gasteiger charge is -2.38. The van der Waals surface area contributed by atoms with Gasteiger partial charge in [-0.05, 0) is 80.1 Å². The highest BCUT2D eigenvalue weighted by Gasteiger charge is 2.35. The summed E-state index contributed by atoms with van der Waals surface area (Å²) >= 11 is 1.73. The third kappa shape index (κ3) is 8.64. The number of amides is 2. The molecule has 1 aliphatic rings. The molecule has 1 heterocycles. The van der Waals surface area contributed by atoms with Gasteiger partial charge in [0.25, 0.3) is 5.91 Å². The Morgan fingerprint density at radius 3 is 2.38 bits per heavy atom. The minimum Gasteiger partial charge on any atom is -0.486 e. The van der Waals surface area contributed by atoms with Crippen LogP contribution in [0.2, 0.25) is 0 Å². The molecular weight excluding hydrogens is 626 g/mol. The van der Waals surface area contributed by atoms with E-state index in [9.17, 15) is 19.1 Å². The van der Waals surface area contributed by atoms with Crippen molar-refractivity contribution in [3.8, 4) is 5.75 Å². The molecular formula is C39H44FN3O4S. The SMILES string of the molecule is CCC(C(=O)Nc1cccc2c1O[C@H](CN(C)Cc1ccc(Sc3ccccc3)cc1)[C@H](C)CN(C(C)CO)C2=O)c1ccc(F)cc1. The van der Waals surface area contributed by atoms with Gasteiger partial charge < -0.3 is 20.1 Å². The largest absolute Gasteiger partial charge is 0.486 e. The van der Waals surface area contributed by atoms with E-state index >= 15 is 0 Å². The molecule has 4 atom stereocenters. The number of carbonyl (C=O) groups excluding carboxylic acids is 2. The number of likely N-dealkylation sites (N-methyl/N-ethyl adjacent to an activating group) is 1. The molecule has 5 rings (SSSR count). The first kappa shape index (κ1) is 35.1. The molecule has 0 aliphatic carbocycles. The molecule has 4 aromatic carbocycles. The van der Waals surface area contributed by atoms with Crippen LogP contribution in [0.1, 0.15) is 54.6 Å². The van der Waals surface area contributed by atoms with Gasteiger partial charge in [0.1, 0.15) is 11.9 Å². The Hall–Kier alpha value is -4.18. The summed E-state index contributed by atoms with van der Waals surface area (Å²) in [6.45, 7) is 7.26. The molecule has 0 fully saturated rings. The minimum absolute atomic E-state index is 0.0884. The summed E-state index contributed by atoms with van der Waals surface area (Å²) in [5.74, 6) is -1.19. The lowest BCUT2D eigenvalue weighted by atomic mass is 9.95. The van der Waals surface area contributed by atoms with Crippen molar-refractivity contribution < 1.29 is 23.8 Å². The van der Waals surface area contributed by atoms with E-state index in [1.807, 2.05) is 46.0 Å². The number of nitrogens with one attached hydrogen (secondary N) is 1. The maximum atomic E-state index is 13.9. The zero-order valence-corrected chi connectivity index (χ0v) is 28.8. The van der Waals surface area contributed by atoms with Crippen LogP contribution < -0.4 is 10.1 Å². The standard InChI is InChI=1S/C39H44FN3O4S/c1-5-33(29-16-18-30(40)19-17-29)38(45)41-35-13-9-12-34-37(35)47-36(26(2)22-43(39(34)46)27(3)25-44)24-42(4)23-28-14-20-32(21-15-28)48-31-10-7-6-8-11-31/h6-21,26-27,33,36,44H,5,22-25H2,1-4H3,(H,41,45)/t26-,27?,33?,36-/m1/s1. The molecule has 0 saturated heterocycles. The van der Waals surface area contributed by atoms with Crippen LogP contribution in [0, 0.1) is 11.7 Å². The maximum absolute atomic E-state index is 13.9. The summed E-state index contributed by atoms with van der Waals surface area (Å²) in [4.78, 5) is 33.8. The second-order valence-corrected chi connectivity index (χ2v) is 13.7. The number of rotatable bonds is 12. The van der Waals surface area contributed by atoms with Crippen LogP contribution in [-0.4, -0.2) is 65.6 Å². The summed E-state index contributed by atoms with van der Waals surface area (Å²) < 4.78 is 20.3. The molecule has 2 unspecified atom stereocenters. The quantitative estimate of drug-likeness (QED) is 0.163. The summed E-state index contributed by atoms with van der Waals surface area (Å²) in [6.07, 6.45) is 0.171. The molecule has 1 aliphatic heterocycles. The number of benzene rings is 4. The van der Waals surface area contributed by atoms with Gasteiger partial charge in [0.15, 0.2) is 5.75 Å². The Balaban J connectivity index is 1.37. The van der Waals surface area contributed by atoms with Crippen molar-refractivity contribution >= 4 is 29.3 Å². The molecule has 0 bridgehead atoms. The van der Waals surface area contributed by atoms with Crippen LogP contribution in [-0.2, 0) is 11.3 Å². The maximum Gasteiger partial charge on any atom is 0.258 e. The third-order valence-electron chi connectivity index (χ3n) is 8.79. The lowest BCUT2D eigenvalue weighted by Crippen LogP contribution is -2.49. The number of aliphatic hydroxyl groups is 1. The first-order valence-electron chi connectivity index (χ1n) is 16.4. The smallest absolute Gasteiger partial charge is 0.258 e. The Kier molecular flexibility index (Phi) is 11.9. The molecule has 0 saturated carbocycles. The lowest BCUT2D eigenvalue weighted by molar-refractivity contribution is -0.117. The summed E-state index contributed by atoms with van der Waals surface area (Å²) in [6, 6.07) is 29.5. The van der Waals surface area contributed by atoms with Crippen molar-refractivity contribution in [1.29, 1.82) is 0 Å². The Bertz CT molecular complexity index is 1670. The number of nitrogens with zero attached hydrogens (tertiary/aromatic N) is 2. The number of anilines is 1. The summed E-state index contributed by atoms with van der Waals surface area (Å²) in [7, 11) is 2.05. The first-order valence-corrected chi connectivity index (χ1v) is 17.3. The van der Waals surface area contributed by atoms with Gasteiger partial charge in [0.05, 0.1) is 29.8 Å². The van der Waals surface area contributed by atoms with Crippen LogP contribution in [0.3, 0.4) is 0 Å². The van der Waals surface area contributed by atoms with Crippen LogP contribution >= 0.6 is 11.8 Å². The van der Waals surface area contributed by atoms with Gasteiger partial charge in [-0.15, -0.1) is 0 Å². The molecule has 48 heavy (non-hydrogen) atoms. The Morgan fingerprint density at radius 1 is 1.02 bits per heavy atom. The van der Waals surface area contributed by atoms with E-state index in [4.69, 9.17) is 4.74 Å². The van der Waals surface area contributed by atoms with E-state index < -0.39 is 12.0 Å². The van der Waals surface area contributed by atoms with Crippen LogP contribution in [0.25, 0.3) is 0 Å². The molecule has 7 nitrogen and oxygen atoms in total. The van der Waals surface area contributed by atoms with Crippen LogP contribution in [0.5, 0.6) is 5.75 Å². The molecule has 252 valence electrons. The number of aliphatic hydroxyl groups excluding tert-OH is 1. The number of halogens is 1. The van der Waals surface area contributed by atoms with Gasteiger partial charge in [-0.2, -0.15) is 0 Å². The summed E-state index contributed by atoms with van der Waals surface area (Å²) in [5.41, 5.74) is 2.60.